The van der Waals surface area contributed by atoms with Crippen LogP contribution in [-0.2, 0) is 11.2 Å². The third-order valence-electron chi connectivity index (χ3n) is 8.26. The smallest absolute Gasteiger partial charge is 0.127 e. The molecule has 40 heavy (non-hydrogen) atoms. The van der Waals surface area contributed by atoms with E-state index >= 15 is 0 Å². The molecule has 0 saturated carbocycles. The summed E-state index contributed by atoms with van der Waals surface area (Å²) in [5.41, 5.74) is 14.3. The first-order chi connectivity index (χ1) is 17.8. The zero-order chi connectivity index (χ0) is 26.0. The molecule has 3 aromatic carbocycles. The highest BCUT2D eigenvalue weighted by Crippen LogP contribution is 2.44. The largest absolute Gasteiger partial charge is 0.485 e. The van der Waals surface area contributed by atoms with Gasteiger partial charge in [0.05, 0.1) is 6.61 Å². The van der Waals surface area contributed by atoms with Crippen LogP contribution in [0.15, 0.2) is 60.7 Å². The lowest BCUT2D eigenvalue weighted by Crippen LogP contribution is -2.53. The number of nitrogens with zero attached hydrogens (tertiary/aromatic N) is 2. The van der Waals surface area contributed by atoms with E-state index in [0.717, 1.165) is 62.7 Å². The molecule has 2 heterocycles. The van der Waals surface area contributed by atoms with Gasteiger partial charge in [-0.25, -0.2) is 0 Å². The van der Waals surface area contributed by atoms with Crippen molar-refractivity contribution in [2.24, 2.45) is 0 Å². The summed E-state index contributed by atoms with van der Waals surface area (Å²) in [6.07, 6.45) is 0.892. The van der Waals surface area contributed by atoms with Gasteiger partial charge in [-0.15, -0.1) is 37.2 Å². The van der Waals surface area contributed by atoms with Gasteiger partial charge in [-0.2, -0.15) is 0 Å². The van der Waals surface area contributed by atoms with Crippen LogP contribution in [0.2, 0.25) is 0 Å². The third kappa shape index (κ3) is 7.44. The Balaban J connectivity index is 0.00000187. The van der Waals surface area contributed by atoms with Gasteiger partial charge < -0.3 is 15.2 Å². The fourth-order valence-electron chi connectivity index (χ4n) is 5.89. The van der Waals surface area contributed by atoms with Gasteiger partial charge in [0.1, 0.15) is 17.5 Å². The van der Waals surface area contributed by atoms with E-state index in [1.165, 1.54) is 27.8 Å². The van der Waals surface area contributed by atoms with Crippen LogP contribution in [0.5, 0.6) is 5.75 Å². The van der Waals surface area contributed by atoms with Crippen molar-refractivity contribution < 1.29 is 9.47 Å². The Kier molecular flexibility index (Phi) is 12.6. The summed E-state index contributed by atoms with van der Waals surface area (Å²) in [7, 11) is 0. The number of nitrogens with two attached hydrogens (primary N) is 1. The molecule has 0 aliphatic carbocycles. The molecule has 0 spiro atoms. The minimum absolute atomic E-state index is 0. The van der Waals surface area contributed by atoms with Crippen LogP contribution in [-0.4, -0.2) is 61.3 Å². The summed E-state index contributed by atoms with van der Waals surface area (Å²) in [5, 5.41) is 0. The normalized spacial score (nSPS) is 18.7. The van der Waals surface area contributed by atoms with Crippen LogP contribution in [0.3, 0.4) is 0 Å². The Morgan fingerprint density at radius 3 is 1.88 bits per heavy atom. The number of fused-ring (bicyclic) bond motifs is 1. The number of halogens is 3. The summed E-state index contributed by atoms with van der Waals surface area (Å²) >= 11 is 0. The third-order valence-corrected chi connectivity index (χ3v) is 8.26. The molecule has 2 aliphatic rings. The maximum Gasteiger partial charge on any atom is 0.127 e. The highest BCUT2D eigenvalue weighted by Gasteiger charge is 2.39. The van der Waals surface area contributed by atoms with Gasteiger partial charge in [0.15, 0.2) is 0 Å². The van der Waals surface area contributed by atoms with Crippen molar-refractivity contribution in [3.63, 3.8) is 0 Å². The summed E-state index contributed by atoms with van der Waals surface area (Å²) in [6.45, 7) is 15.4. The van der Waals surface area contributed by atoms with Gasteiger partial charge in [0.2, 0.25) is 0 Å². The van der Waals surface area contributed by atoms with Crippen LogP contribution >= 0.6 is 37.2 Å². The first-order valence-corrected chi connectivity index (χ1v) is 13.6. The van der Waals surface area contributed by atoms with Crippen molar-refractivity contribution >= 4 is 42.9 Å². The van der Waals surface area contributed by atoms with Gasteiger partial charge in [-0.05, 0) is 55.5 Å². The number of ether oxygens (including phenoxy) is 2. The van der Waals surface area contributed by atoms with E-state index in [1.54, 1.807) is 0 Å². The molecule has 0 aromatic heterocycles. The molecular formula is C32H44Cl3N3O2. The lowest BCUT2D eigenvalue weighted by molar-refractivity contribution is 0.0209. The lowest BCUT2D eigenvalue weighted by atomic mass is 9.91. The molecule has 5 nitrogen and oxygen atoms in total. The Bertz CT molecular complexity index is 1140. The number of anilines is 1. The van der Waals surface area contributed by atoms with Crippen molar-refractivity contribution in [2.45, 2.75) is 45.8 Å². The molecule has 1 unspecified atom stereocenters. The number of hydrogen-bond acceptors (Lipinski definition) is 5. The fourth-order valence-corrected chi connectivity index (χ4v) is 5.89. The van der Waals surface area contributed by atoms with Gasteiger partial charge in [0.25, 0.3) is 0 Å². The molecule has 0 radical (unpaired) electrons. The van der Waals surface area contributed by atoms with Crippen LogP contribution in [0.1, 0.15) is 46.4 Å². The first kappa shape index (κ1) is 34.2. The average molecular weight is 609 g/mol. The minimum atomic E-state index is -0.206. The first-order valence-electron chi connectivity index (χ1n) is 13.6. The van der Waals surface area contributed by atoms with Crippen molar-refractivity contribution in [1.82, 2.24) is 9.80 Å². The standard InChI is InChI=1S/C32H41N3O2.3ClH/c1-23-24(2)30-28(25(3)29(23)33)21-32(4,37-30)22-35-17-15-34(16-18-35)19-20-36-31(26-11-7-5-8-12-26)27-13-9-6-10-14-27;;;/h5-14,31H,15-22,33H2,1-4H3;3*1H. The minimum Gasteiger partial charge on any atom is -0.485 e. The molecular weight excluding hydrogens is 565 g/mol. The lowest BCUT2D eigenvalue weighted by Gasteiger charge is -2.38. The molecule has 1 saturated heterocycles. The molecule has 3 aromatic rings. The summed E-state index contributed by atoms with van der Waals surface area (Å²) in [6, 6.07) is 21.0. The van der Waals surface area contributed by atoms with E-state index in [2.05, 4.69) is 98.2 Å². The number of nitrogen functional groups attached to an aromatic ring is 1. The van der Waals surface area contributed by atoms with Gasteiger partial charge in [-0.1, -0.05) is 60.7 Å². The van der Waals surface area contributed by atoms with Crippen molar-refractivity contribution in [1.29, 1.82) is 0 Å². The molecule has 1 atom stereocenters. The number of hydrogen-bond donors (Lipinski definition) is 1. The average Bonchev–Trinajstić information content (AvgIpc) is 3.28. The SMILES string of the molecule is Cc1c(C)c2c(c(C)c1N)CC(C)(CN1CCN(CCOC(c3ccccc3)c3ccccc3)CC1)O2.Cl.Cl.Cl. The van der Waals surface area contributed by atoms with Crippen LogP contribution < -0.4 is 10.5 Å². The fraction of sp³-hybridized carbons (Fsp3) is 0.438. The Hall–Kier alpha value is -1.99. The van der Waals surface area contributed by atoms with E-state index in [-0.39, 0.29) is 48.9 Å². The number of piperazine rings is 1. The van der Waals surface area contributed by atoms with Crippen LogP contribution in [0, 0.1) is 20.8 Å². The van der Waals surface area contributed by atoms with Gasteiger partial charge in [0, 0.05) is 56.9 Å². The molecule has 8 heteroatoms. The maximum atomic E-state index is 6.62. The van der Waals surface area contributed by atoms with E-state index in [9.17, 15) is 0 Å². The van der Waals surface area contributed by atoms with Gasteiger partial charge in [-0.3, -0.25) is 9.80 Å². The van der Waals surface area contributed by atoms with Crippen molar-refractivity contribution in [3.05, 3.63) is 94.0 Å². The Labute approximate surface area is 258 Å². The quantitative estimate of drug-likeness (QED) is 0.293. The topological polar surface area (TPSA) is 51.0 Å². The van der Waals surface area contributed by atoms with E-state index in [4.69, 9.17) is 15.2 Å². The molecule has 220 valence electrons. The second kappa shape index (κ2) is 14.8. The monoisotopic (exact) mass is 607 g/mol. The predicted molar refractivity (Wildman–Crippen MR) is 173 cm³/mol. The molecule has 2 N–H and O–H groups in total. The van der Waals surface area contributed by atoms with Crippen molar-refractivity contribution in [3.8, 4) is 5.75 Å². The van der Waals surface area contributed by atoms with Crippen molar-refractivity contribution in [2.75, 3.05) is 51.6 Å². The summed E-state index contributed by atoms with van der Waals surface area (Å²) in [5.74, 6) is 1.06. The highest BCUT2D eigenvalue weighted by atomic mass is 35.5. The van der Waals surface area contributed by atoms with Crippen LogP contribution in [0.4, 0.5) is 5.69 Å². The highest BCUT2D eigenvalue weighted by molar-refractivity contribution is 5.86. The number of rotatable bonds is 8. The zero-order valence-electron chi connectivity index (χ0n) is 24.0. The molecule has 5 rings (SSSR count). The molecule has 0 amide bonds. The van der Waals surface area contributed by atoms with Gasteiger partial charge >= 0.3 is 0 Å². The predicted octanol–water partition coefficient (Wildman–Crippen LogP) is 6.58. The molecule has 2 aliphatic heterocycles. The molecule has 1 fully saturated rings. The van der Waals surface area contributed by atoms with E-state index in [1.807, 2.05) is 0 Å². The van der Waals surface area contributed by atoms with E-state index in [0.29, 0.717) is 6.61 Å². The zero-order valence-corrected chi connectivity index (χ0v) is 26.5. The number of benzene rings is 3. The Morgan fingerprint density at radius 1 is 0.800 bits per heavy atom. The maximum absolute atomic E-state index is 6.62. The second-order valence-corrected chi connectivity index (χ2v) is 11.0. The van der Waals surface area contributed by atoms with E-state index < -0.39 is 0 Å². The summed E-state index contributed by atoms with van der Waals surface area (Å²) < 4.78 is 13.1. The summed E-state index contributed by atoms with van der Waals surface area (Å²) in [4.78, 5) is 5.08. The molecule has 0 bridgehead atoms. The van der Waals surface area contributed by atoms with Crippen LogP contribution in [0.25, 0.3) is 0 Å². The Morgan fingerprint density at radius 2 is 1.32 bits per heavy atom. The second-order valence-electron chi connectivity index (χ2n) is 11.0.